The van der Waals surface area contributed by atoms with Crippen LogP contribution in [0.4, 0.5) is 5.00 Å². The number of fused-ring (bicyclic) bond motifs is 1. The first-order chi connectivity index (χ1) is 6.22. The first kappa shape index (κ1) is 9.03. The Bertz CT molecular complexity index is 447. The van der Waals surface area contributed by atoms with Gasteiger partial charge in [0.15, 0.2) is 0 Å². The molecule has 0 fully saturated rings. The van der Waals surface area contributed by atoms with Crippen LogP contribution in [0.2, 0.25) is 0 Å². The Morgan fingerprint density at radius 1 is 1.46 bits per heavy atom. The summed E-state index contributed by atoms with van der Waals surface area (Å²) in [4.78, 5) is 0. The van der Waals surface area contributed by atoms with Gasteiger partial charge < -0.3 is 5.73 Å². The van der Waals surface area contributed by atoms with Gasteiger partial charge in [-0.3, -0.25) is 0 Å². The number of thiophene rings is 1. The molecule has 2 rings (SSSR count). The van der Waals surface area contributed by atoms with Gasteiger partial charge in [0.05, 0.1) is 9.70 Å². The summed E-state index contributed by atoms with van der Waals surface area (Å²) in [6, 6.07) is 6.30. The second-order valence-electron chi connectivity index (χ2n) is 2.95. The number of anilines is 1. The third kappa shape index (κ3) is 1.46. The van der Waals surface area contributed by atoms with Crippen LogP contribution in [-0.4, -0.2) is 0 Å². The fourth-order valence-electron chi connectivity index (χ4n) is 1.47. The van der Waals surface area contributed by atoms with E-state index in [1.54, 1.807) is 11.3 Å². The van der Waals surface area contributed by atoms with Crippen LogP contribution < -0.4 is 5.73 Å². The van der Waals surface area contributed by atoms with Gasteiger partial charge in [0.25, 0.3) is 0 Å². The quantitative estimate of drug-likeness (QED) is 0.824. The van der Waals surface area contributed by atoms with E-state index in [0.29, 0.717) is 0 Å². The Hall–Kier alpha value is -0.540. The first-order valence-electron chi connectivity index (χ1n) is 4.18. The van der Waals surface area contributed by atoms with Crippen molar-refractivity contribution in [3.63, 3.8) is 0 Å². The van der Waals surface area contributed by atoms with Crippen molar-refractivity contribution in [3.05, 3.63) is 28.2 Å². The van der Waals surface area contributed by atoms with Crippen molar-refractivity contribution in [2.45, 2.75) is 13.3 Å². The minimum absolute atomic E-state index is 0.886. The lowest BCUT2D eigenvalue weighted by Gasteiger charge is -1.99. The number of rotatable bonds is 1. The van der Waals surface area contributed by atoms with Crippen molar-refractivity contribution >= 4 is 42.4 Å². The highest BCUT2D eigenvalue weighted by Gasteiger charge is 2.06. The third-order valence-electron chi connectivity index (χ3n) is 2.13. The monoisotopic (exact) mass is 255 g/mol. The van der Waals surface area contributed by atoms with Gasteiger partial charge >= 0.3 is 0 Å². The van der Waals surface area contributed by atoms with Gasteiger partial charge in [-0.05, 0) is 45.4 Å². The van der Waals surface area contributed by atoms with Gasteiger partial charge in [-0.2, -0.15) is 0 Å². The maximum absolute atomic E-state index is 5.78. The van der Waals surface area contributed by atoms with E-state index < -0.39 is 0 Å². The van der Waals surface area contributed by atoms with Gasteiger partial charge in [-0.15, -0.1) is 11.3 Å². The molecule has 0 unspecified atom stereocenters. The number of aryl methyl sites for hydroxylation is 1. The standard InChI is InChI=1S/C10H10BrNS/c1-2-6-3-4-8(11)10-7(6)5-9(12)13-10/h3-5H,2,12H2,1H3. The van der Waals surface area contributed by atoms with Crippen molar-refractivity contribution in [1.82, 2.24) is 0 Å². The smallest absolute Gasteiger partial charge is 0.0869 e. The highest BCUT2D eigenvalue weighted by molar-refractivity contribution is 9.10. The zero-order valence-electron chi connectivity index (χ0n) is 7.30. The molecule has 0 saturated heterocycles. The summed E-state index contributed by atoms with van der Waals surface area (Å²) in [7, 11) is 0. The Morgan fingerprint density at radius 3 is 2.92 bits per heavy atom. The molecule has 0 radical (unpaired) electrons. The van der Waals surface area contributed by atoms with E-state index in [2.05, 4.69) is 41.1 Å². The highest BCUT2D eigenvalue weighted by atomic mass is 79.9. The Balaban J connectivity index is 2.83. The van der Waals surface area contributed by atoms with Crippen LogP contribution in [0.15, 0.2) is 22.7 Å². The Labute approximate surface area is 89.7 Å². The number of hydrogen-bond acceptors (Lipinski definition) is 2. The lowest BCUT2D eigenvalue weighted by Crippen LogP contribution is -1.80. The van der Waals surface area contributed by atoms with Crippen molar-refractivity contribution in [3.8, 4) is 0 Å². The molecule has 0 spiro atoms. The maximum Gasteiger partial charge on any atom is 0.0869 e. The topological polar surface area (TPSA) is 26.0 Å². The van der Waals surface area contributed by atoms with Crippen LogP contribution in [0.25, 0.3) is 10.1 Å². The van der Waals surface area contributed by atoms with E-state index in [1.165, 1.54) is 15.6 Å². The number of nitrogen functional groups attached to an aromatic ring is 1. The molecule has 0 bridgehead atoms. The number of hydrogen-bond donors (Lipinski definition) is 1. The van der Waals surface area contributed by atoms with E-state index in [0.717, 1.165) is 15.9 Å². The number of nitrogens with two attached hydrogens (primary N) is 1. The van der Waals surface area contributed by atoms with E-state index in [9.17, 15) is 0 Å². The minimum Gasteiger partial charge on any atom is -0.391 e. The Morgan fingerprint density at radius 2 is 2.23 bits per heavy atom. The molecule has 0 saturated carbocycles. The van der Waals surface area contributed by atoms with Crippen molar-refractivity contribution in [2.75, 3.05) is 5.73 Å². The van der Waals surface area contributed by atoms with E-state index in [4.69, 9.17) is 5.73 Å². The van der Waals surface area contributed by atoms with Gasteiger partial charge in [0, 0.05) is 4.47 Å². The Kier molecular flexibility index (Phi) is 2.30. The summed E-state index contributed by atoms with van der Waals surface area (Å²) in [6.07, 6.45) is 1.06. The molecule has 1 nitrogen and oxygen atoms in total. The molecule has 1 heterocycles. The highest BCUT2D eigenvalue weighted by Crippen LogP contribution is 2.35. The summed E-state index contributed by atoms with van der Waals surface area (Å²) in [5.74, 6) is 0. The molecule has 0 aliphatic rings. The number of benzene rings is 1. The molecular formula is C10H10BrNS. The fourth-order valence-corrected chi connectivity index (χ4v) is 2.94. The SMILES string of the molecule is CCc1ccc(Br)c2sc(N)cc12. The third-order valence-corrected chi connectivity index (χ3v) is 4.05. The molecule has 1 aromatic carbocycles. The van der Waals surface area contributed by atoms with E-state index >= 15 is 0 Å². The molecule has 0 aliphatic carbocycles. The summed E-state index contributed by atoms with van der Waals surface area (Å²) in [6.45, 7) is 2.16. The molecule has 68 valence electrons. The largest absolute Gasteiger partial charge is 0.391 e. The van der Waals surface area contributed by atoms with Crippen LogP contribution in [0.3, 0.4) is 0 Å². The maximum atomic E-state index is 5.78. The van der Waals surface area contributed by atoms with Gasteiger partial charge in [-0.1, -0.05) is 13.0 Å². The van der Waals surface area contributed by atoms with Crippen LogP contribution in [-0.2, 0) is 6.42 Å². The molecular weight excluding hydrogens is 246 g/mol. The summed E-state index contributed by atoms with van der Waals surface area (Å²) in [5, 5.41) is 2.18. The van der Waals surface area contributed by atoms with Gasteiger partial charge in [-0.25, -0.2) is 0 Å². The van der Waals surface area contributed by atoms with Crippen LogP contribution in [0.5, 0.6) is 0 Å². The predicted molar refractivity (Wildman–Crippen MR) is 63.3 cm³/mol. The summed E-state index contributed by atoms with van der Waals surface area (Å²) in [5.41, 5.74) is 7.15. The minimum atomic E-state index is 0.886. The lowest BCUT2D eigenvalue weighted by molar-refractivity contribution is 1.16. The molecule has 0 amide bonds. The van der Waals surface area contributed by atoms with Crippen LogP contribution in [0.1, 0.15) is 12.5 Å². The lowest BCUT2D eigenvalue weighted by atomic mass is 10.1. The molecule has 2 N–H and O–H groups in total. The second kappa shape index (κ2) is 3.31. The summed E-state index contributed by atoms with van der Waals surface area (Å²) < 4.78 is 2.40. The van der Waals surface area contributed by atoms with Gasteiger partial charge in [0.2, 0.25) is 0 Å². The van der Waals surface area contributed by atoms with Crippen LogP contribution in [0, 0.1) is 0 Å². The van der Waals surface area contributed by atoms with Gasteiger partial charge in [0.1, 0.15) is 0 Å². The fraction of sp³-hybridized carbons (Fsp3) is 0.200. The summed E-state index contributed by atoms with van der Waals surface area (Å²) >= 11 is 5.17. The average molecular weight is 256 g/mol. The normalized spacial score (nSPS) is 10.9. The zero-order valence-corrected chi connectivity index (χ0v) is 9.71. The molecule has 0 atom stereocenters. The first-order valence-corrected chi connectivity index (χ1v) is 5.79. The zero-order chi connectivity index (χ0) is 9.42. The molecule has 2 aromatic rings. The molecule has 1 aromatic heterocycles. The van der Waals surface area contributed by atoms with Crippen molar-refractivity contribution in [1.29, 1.82) is 0 Å². The molecule has 3 heteroatoms. The van der Waals surface area contributed by atoms with Crippen molar-refractivity contribution < 1.29 is 0 Å². The molecule has 13 heavy (non-hydrogen) atoms. The van der Waals surface area contributed by atoms with Crippen molar-refractivity contribution in [2.24, 2.45) is 0 Å². The number of halogens is 1. The second-order valence-corrected chi connectivity index (χ2v) is 4.89. The van der Waals surface area contributed by atoms with E-state index in [-0.39, 0.29) is 0 Å². The molecule has 0 aliphatic heterocycles. The average Bonchev–Trinajstić information content (AvgIpc) is 2.48. The van der Waals surface area contributed by atoms with Crippen LogP contribution >= 0.6 is 27.3 Å². The predicted octanol–water partition coefficient (Wildman–Crippen LogP) is 3.81. The van der Waals surface area contributed by atoms with E-state index in [1.807, 2.05) is 0 Å².